The van der Waals surface area contributed by atoms with Crippen molar-refractivity contribution in [3.63, 3.8) is 0 Å². The molecule has 6 N–H and O–H groups in total. The number of fused-ring (bicyclic) bond motifs is 1. The van der Waals surface area contributed by atoms with Gasteiger partial charge < -0.3 is 54.3 Å². The first-order valence-electron chi connectivity index (χ1n) is 14.4. The maximum atomic E-state index is 12.8. The predicted octanol–water partition coefficient (Wildman–Crippen LogP) is 0.991. The van der Waals surface area contributed by atoms with Crippen molar-refractivity contribution < 1.29 is 59.1 Å². The van der Waals surface area contributed by atoms with E-state index in [1.54, 1.807) is 12.1 Å². The summed E-state index contributed by atoms with van der Waals surface area (Å²) in [6.45, 7) is 6.58. The van der Waals surface area contributed by atoms with E-state index in [2.05, 4.69) is 6.58 Å². The standard InChI is InChI=1S/C31H42O12/c1-17(2)10-18(3)42-30-27-22(20(14-41-30)13-39-24-15-40-23(12-32)28(36)29(24)37)11-25(31(27,38)16-33)43-26(35)9-6-19-4-7-21(34)8-5-19/h4-9,14,17,22-25,27-30,32-34,36-38H,3,10-13,15-16H2,1-2H3/b9-6-/t22-,23+,24-,25-,27+,28-,29+,30-,31+/m0/s1. The Morgan fingerprint density at radius 2 is 1.88 bits per heavy atom. The summed E-state index contributed by atoms with van der Waals surface area (Å²) in [5, 5.41) is 61.7. The van der Waals surface area contributed by atoms with Crippen LogP contribution in [-0.2, 0) is 28.5 Å². The number of benzene rings is 1. The fourth-order valence-corrected chi connectivity index (χ4v) is 5.84. The van der Waals surface area contributed by atoms with Gasteiger partial charge >= 0.3 is 5.97 Å². The van der Waals surface area contributed by atoms with Gasteiger partial charge in [0.05, 0.1) is 44.4 Å². The molecule has 0 amide bonds. The van der Waals surface area contributed by atoms with Crippen molar-refractivity contribution in [2.75, 3.05) is 26.4 Å². The van der Waals surface area contributed by atoms with E-state index in [0.29, 0.717) is 23.3 Å². The Morgan fingerprint density at radius 1 is 1.16 bits per heavy atom. The van der Waals surface area contributed by atoms with Gasteiger partial charge in [0.25, 0.3) is 0 Å². The number of phenols is 1. The van der Waals surface area contributed by atoms with Crippen molar-refractivity contribution in [2.24, 2.45) is 17.8 Å². The molecule has 1 saturated heterocycles. The minimum absolute atomic E-state index is 0.0688. The Labute approximate surface area is 250 Å². The fourth-order valence-electron chi connectivity index (χ4n) is 5.84. The number of aliphatic hydroxyl groups is 5. The summed E-state index contributed by atoms with van der Waals surface area (Å²) >= 11 is 0. The van der Waals surface area contributed by atoms with Crippen LogP contribution in [0.1, 0.15) is 32.3 Å². The third-order valence-electron chi connectivity index (χ3n) is 8.13. The third-order valence-corrected chi connectivity index (χ3v) is 8.13. The molecule has 3 aliphatic rings. The number of allylic oxidation sites excluding steroid dienone is 1. The lowest BCUT2D eigenvalue weighted by molar-refractivity contribution is -0.215. The molecule has 0 bridgehead atoms. The van der Waals surface area contributed by atoms with Crippen LogP contribution >= 0.6 is 0 Å². The second kappa shape index (κ2) is 14.2. The van der Waals surface area contributed by atoms with E-state index < -0.39 is 73.4 Å². The minimum Gasteiger partial charge on any atom is -0.508 e. The summed E-state index contributed by atoms with van der Waals surface area (Å²) in [7, 11) is 0. The lowest BCUT2D eigenvalue weighted by atomic mass is 9.80. The van der Waals surface area contributed by atoms with E-state index in [1.807, 2.05) is 13.8 Å². The molecule has 12 nitrogen and oxygen atoms in total. The van der Waals surface area contributed by atoms with Crippen LogP contribution in [0.15, 0.2) is 54.5 Å². The lowest BCUT2D eigenvalue weighted by Gasteiger charge is -2.41. The molecule has 0 aromatic heterocycles. The topological polar surface area (TPSA) is 185 Å². The van der Waals surface area contributed by atoms with Gasteiger partial charge in [0.1, 0.15) is 41.9 Å². The van der Waals surface area contributed by atoms with E-state index in [1.165, 1.54) is 30.5 Å². The number of aliphatic hydroxyl groups excluding tert-OH is 4. The van der Waals surface area contributed by atoms with Gasteiger partial charge in [-0.25, -0.2) is 4.79 Å². The molecule has 4 rings (SSSR count). The van der Waals surface area contributed by atoms with Gasteiger partial charge in [0.15, 0.2) is 0 Å². The van der Waals surface area contributed by atoms with Crippen LogP contribution in [0.5, 0.6) is 5.75 Å². The highest BCUT2D eigenvalue weighted by atomic mass is 16.7. The Morgan fingerprint density at radius 3 is 2.53 bits per heavy atom. The van der Waals surface area contributed by atoms with Crippen LogP contribution in [0.3, 0.4) is 0 Å². The summed E-state index contributed by atoms with van der Waals surface area (Å²) in [6.07, 6.45) is -1.93. The monoisotopic (exact) mass is 606 g/mol. The summed E-state index contributed by atoms with van der Waals surface area (Å²) in [5.74, 6) is -1.41. The predicted molar refractivity (Wildman–Crippen MR) is 152 cm³/mol. The Hall–Kier alpha value is -2.97. The molecule has 43 heavy (non-hydrogen) atoms. The van der Waals surface area contributed by atoms with Gasteiger partial charge in [-0.3, -0.25) is 0 Å². The Balaban J connectivity index is 1.52. The van der Waals surface area contributed by atoms with Crippen LogP contribution in [-0.4, -0.2) is 105 Å². The molecule has 2 heterocycles. The van der Waals surface area contributed by atoms with Crippen LogP contribution < -0.4 is 0 Å². The van der Waals surface area contributed by atoms with E-state index in [0.717, 1.165) is 0 Å². The largest absolute Gasteiger partial charge is 0.508 e. The molecule has 1 aromatic rings. The smallest absolute Gasteiger partial charge is 0.331 e. The second-order valence-electron chi connectivity index (χ2n) is 11.7. The zero-order chi connectivity index (χ0) is 31.3. The average Bonchev–Trinajstić information content (AvgIpc) is 3.26. The summed E-state index contributed by atoms with van der Waals surface area (Å²) in [4.78, 5) is 12.8. The number of ether oxygens (including phenoxy) is 5. The maximum absolute atomic E-state index is 12.8. The quantitative estimate of drug-likeness (QED) is 0.113. The molecule has 238 valence electrons. The molecule has 2 fully saturated rings. The number of rotatable bonds is 12. The van der Waals surface area contributed by atoms with Gasteiger partial charge in [0.2, 0.25) is 6.29 Å². The molecule has 0 radical (unpaired) electrons. The highest BCUT2D eigenvalue weighted by Crippen LogP contribution is 2.51. The summed E-state index contributed by atoms with van der Waals surface area (Å²) in [5.41, 5.74) is -0.757. The third kappa shape index (κ3) is 7.58. The Kier molecular flexibility index (Phi) is 10.9. The van der Waals surface area contributed by atoms with Gasteiger partial charge in [-0.15, -0.1) is 0 Å². The first-order valence-corrected chi connectivity index (χ1v) is 14.4. The fraction of sp³-hybridized carbons (Fsp3) is 0.581. The SMILES string of the molecule is C=C(CC(C)C)O[C@@H]1OC=C(CO[C@H]2CO[C@H](CO)[C@H](O)[C@@H]2O)[C@@H]2C[C@H](OC(=O)/C=C\c3ccc(O)cc3)[C@](O)(CO)[C@@H]12. The first kappa shape index (κ1) is 32.9. The van der Waals surface area contributed by atoms with E-state index in [-0.39, 0.29) is 31.3 Å². The van der Waals surface area contributed by atoms with Crippen molar-refractivity contribution in [2.45, 2.75) is 69.1 Å². The van der Waals surface area contributed by atoms with Gasteiger partial charge in [-0.05, 0) is 41.7 Å². The molecular formula is C31H42O12. The minimum atomic E-state index is -1.95. The van der Waals surface area contributed by atoms with Crippen molar-refractivity contribution in [1.82, 2.24) is 0 Å². The van der Waals surface area contributed by atoms with Crippen LogP contribution in [0.2, 0.25) is 0 Å². The van der Waals surface area contributed by atoms with Crippen molar-refractivity contribution in [3.05, 3.63) is 60.1 Å². The van der Waals surface area contributed by atoms with Gasteiger partial charge in [-0.2, -0.15) is 0 Å². The number of carbonyl (C=O) groups is 1. The maximum Gasteiger partial charge on any atom is 0.331 e. The van der Waals surface area contributed by atoms with Gasteiger partial charge in [-0.1, -0.05) is 32.6 Å². The van der Waals surface area contributed by atoms with Gasteiger partial charge in [0, 0.05) is 18.4 Å². The Bertz CT molecular complexity index is 1160. The number of hydrogen-bond acceptors (Lipinski definition) is 12. The van der Waals surface area contributed by atoms with Crippen molar-refractivity contribution in [3.8, 4) is 5.75 Å². The normalized spacial score (nSPS) is 34.0. The lowest BCUT2D eigenvalue weighted by Crippen LogP contribution is -2.55. The highest BCUT2D eigenvalue weighted by molar-refractivity contribution is 5.87. The molecule has 9 atom stereocenters. The van der Waals surface area contributed by atoms with E-state index in [4.69, 9.17) is 23.7 Å². The molecule has 12 heteroatoms. The number of hydrogen-bond donors (Lipinski definition) is 6. The molecule has 0 unspecified atom stereocenters. The second-order valence-corrected chi connectivity index (χ2v) is 11.7. The molecule has 1 aliphatic carbocycles. The molecular weight excluding hydrogens is 564 g/mol. The molecule has 1 aromatic carbocycles. The van der Waals surface area contributed by atoms with Crippen molar-refractivity contribution in [1.29, 1.82) is 0 Å². The zero-order valence-electron chi connectivity index (χ0n) is 24.3. The number of carbonyl (C=O) groups excluding carboxylic acids is 1. The van der Waals surface area contributed by atoms with Crippen LogP contribution in [0.4, 0.5) is 0 Å². The highest BCUT2D eigenvalue weighted by Gasteiger charge is 2.62. The number of phenolic OH excluding ortho intramolecular Hbond substituents is 1. The van der Waals surface area contributed by atoms with Crippen LogP contribution in [0, 0.1) is 17.8 Å². The van der Waals surface area contributed by atoms with Crippen molar-refractivity contribution >= 4 is 12.0 Å². The zero-order valence-corrected chi connectivity index (χ0v) is 24.3. The summed E-state index contributed by atoms with van der Waals surface area (Å²) in [6, 6.07) is 6.19. The summed E-state index contributed by atoms with van der Waals surface area (Å²) < 4.78 is 28.9. The number of aromatic hydroxyl groups is 1. The number of esters is 1. The molecule has 2 aliphatic heterocycles. The molecule has 1 saturated carbocycles. The van der Waals surface area contributed by atoms with E-state index >= 15 is 0 Å². The average molecular weight is 607 g/mol. The van der Waals surface area contributed by atoms with Crippen LogP contribution in [0.25, 0.3) is 6.08 Å². The van der Waals surface area contributed by atoms with E-state index in [9.17, 15) is 35.4 Å². The molecule has 0 spiro atoms. The first-order chi connectivity index (χ1) is 20.5.